The normalized spacial score (nSPS) is 20.5. The van der Waals surface area contributed by atoms with E-state index in [9.17, 15) is 4.79 Å². The van der Waals surface area contributed by atoms with Crippen LogP contribution >= 0.6 is 0 Å². The Morgan fingerprint density at radius 2 is 2.21 bits per heavy atom. The molecule has 0 saturated carbocycles. The van der Waals surface area contributed by atoms with Crippen molar-refractivity contribution in [1.29, 1.82) is 0 Å². The van der Waals surface area contributed by atoms with Crippen molar-refractivity contribution in [2.24, 2.45) is 5.92 Å². The van der Waals surface area contributed by atoms with Crippen molar-refractivity contribution in [3.05, 3.63) is 35.4 Å². The third-order valence-corrected chi connectivity index (χ3v) is 3.92. The fourth-order valence-electron chi connectivity index (χ4n) is 2.87. The van der Waals surface area contributed by atoms with Gasteiger partial charge in [-0.1, -0.05) is 38.1 Å². The maximum atomic E-state index is 12.0. The van der Waals surface area contributed by atoms with E-state index in [0.717, 1.165) is 18.7 Å². The third-order valence-electron chi connectivity index (χ3n) is 3.92. The van der Waals surface area contributed by atoms with Crippen molar-refractivity contribution >= 4 is 5.97 Å². The van der Waals surface area contributed by atoms with Crippen molar-refractivity contribution in [2.45, 2.75) is 32.1 Å². The summed E-state index contributed by atoms with van der Waals surface area (Å²) in [5.41, 5.74) is 2.41. The average molecular weight is 261 g/mol. The molecule has 1 aromatic rings. The Labute approximate surface area is 115 Å². The first-order valence-electron chi connectivity index (χ1n) is 7.02. The summed E-state index contributed by atoms with van der Waals surface area (Å²) in [6.45, 7) is 6.24. The molecule has 1 heterocycles. The topological polar surface area (TPSA) is 38.3 Å². The Balaban J connectivity index is 2.27. The number of carbonyl (C=O) groups excluding carboxylic acids is 1. The van der Waals surface area contributed by atoms with Crippen LogP contribution in [-0.4, -0.2) is 26.2 Å². The summed E-state index contributed by atoms with van der Waals surface area (Å²) in [6.07, 6.45) is 1.17. The van der Waals surface area contributed by atoms with Gasteiger partial charge in [-0.05, 0) is 35.9 Å². The molecule has 0 amide bonds. The molecule has 1 aromatic carbocycles. The Hall–Kier alpha value is -1.35. The quantitative estimate of drug-likeness (QED) is 0.847. The molecule has 3 heteroatoms. The molecule has 2 unspecified atom stereocenters. The SMILES string of the molecule is COC(=O)C(c1cccc(C2CCNC2)c1)C(C)C. The Bertz CT molecular complexity index is 436. The van der Waals surface area contributed by atoms with Crippen LogP contribution in [0.4, 0.5) is 0 Å². The smallest absolute Gasteiger partial charge is 0.313 e. The Kier molecular flexibility index (Phi) is 4.59. The van der Waals surface area contributed by atoms with Crippen molar-refractivity contribution in [1.82, 2.24) is 5.32 Å². The van der Waals surface area contributed by atoms with Crippen LogP contribution < -0.4 is 5.32 Å². The molecule has 1 N–H and O–H groups in total. The summed E-state index contributed by atoms with van der Waals surface area (Å²) in [7, 11) is 1.46. The summed E-state index contributed by atoms with van der Waals surface area (Å²) in [6, 6.07) is 8.43. The van der Waals surface area contributed by atoms with E-state index in [1.165, 1.54) is 19.1 Å². The average Bonchev–Trinajstić information content (AvgIpc) is 2.92. The number of methoxy groups -OCH3 is 1. The van der Waals surface area contributed by atoms with Gasteiger partial charge in [0, 0.05) is 6.54 Å². The third kappa shape index (κ3) is 3.16. The molecule has 0 bridgehead atoms. The van der Waals surface area contributed by atoms with Crippen molar-refractivity contribution < 1.29 is 9.53 Å². The predicted molar refractivity (Wildman–Crippen MR) is 76.3 cm³/mol. The predicted octanol–water partition coefficient (Wildman–Crippen LogP) is 2.68. The van der Waals surface area contributed by atoms with Crippen LogP contribution in [0.25, 0.3) is 0 Å². The number of carbonyl (C=O) groups is 1. The molecule has 3 nitrogen and oxygen atoms in total. The monoisotopic (exact) mass is 261 g/mol. The summed E-state index contributed by atoms with van der Waals surface area (Å²) in [4.78, 5) is 12.0. The second kappa shape index (κ2) is 6.20. The fourth-order valence-corrected chi connectivity index (χ4v) is 2.87. The summed E-state index contributed by atoms with van der Waals surface area (Å²) in [5, 5.41) is 3.38. The summed E-state index contributed by atoms with van der Waals surface area (Å²) >= 11 is 0. The number of hydrogen-bond acceptors (Lipinski definition) is 3. The summed E-state index contributed by atoms with van der Waals surface area (Å²) in [5.74, 6) is 0.505. The zero-order chi connectivity index (χ0) is 13.8. The molecule has 0 radical (unpaired) electrons. The van der Waals surface area contributed by atoms with Crippen LogP contribution in [0.15, 0.2) is 24.3 Å². The minimum absolute atomic E-state index is 0.142. The zero-order valence-electron chi connectivity index (χ0n) is 12.0. The minimum atomic E-state index is -0.167. The van der Waals surface area contributed by atoms with Gasteiger partial charge in [0.2, 0.25) is 0 Å². The first-order valence-corrected chi connectivity index (χ1v) is 7.02. The maximum Gasteiger partial charge on any atom is 0.313 e. The molecule has 0 aliphatic carbocycles. The van der Waals surface area contributed by atoms with Crippen molar-refractivity contribution in [3.8, 4) is 0 Å². The molecule has 1 fully saturated rings. The highest BCUT2D eigenvalue weighted by Gasteiger charge is 2.26. The zero-order valence-corrected chi connectivity index (χ0v) is 12.0. The molecule has 2 rings (SSSR count). The van der Waals surface area contributed by atoms with Gasteiger partial charge in [0.1, 0.15) is 0 Å². The highest BCUT2D eigenvalue weighted by molar-refractivity contribution is 5.78. The largest absolute Gasteiger partial charge is 0.469 e. The highest BCUT2D eigenvalue weighted by Crippen LogP contribution is 2.30. The van der Waals surface area contributed by atoms with Gasteiger partial charge in [-0.2, -0.15) is 0 Å². The maximum absolute atomic E-state index is 12.0. The lowest BCUT2D eigenvalue weighted by molar-refractivity contribution is -0.143. The van der Waals surface area contributed by atoms with Crippen LogP contribution in [0.2, 0.25) is 0 Å². The molecule has 1 aliphatic rings. The highest BCUT2D eigenvalue weighted by atomic mass is 16.5. The lowest BCUT2D eigenvalue weighted by atomic mass is 9.86. The number of esters is 1. The van der Waals surface area contributed by atoms with E-state index < -0.39 is 0 Å². The second-order valence-electron chi connectivity index (χ2n) is 5.60. The van der Waals surface area contributed by atoms with Gasteiger partial charge in [0.05, 0.1) is 13.0 Å². The Morgan fingerprint density at radius 1 is 1.42 bits per heavy atom. The van der Waals surface area contributed by atoms with Crippen LogP contribution in [-0.2, 0) is 9.53 Å². The molecular formula is C16H23NO2. The lowest BCUT2D eigenvalue weighted by Gasteiger charge is -2.20. The number of ether oxygens (including phenoxy) is 1. The Morgan fingerprint density at radius 3 is 2.79 bits per heavy atom. The van der Waals surface area contributed by atoms with Crippen molar-refractivity contribution in [2.75, 3.05) is 20.2 Å². The number of nitrogens with one attached hydrogen (secondary N) is 1. The lowest BCUT2D eigenvalue weighted by Crippen LogP contribution is -2.20. The van der Waals surface area contributed by atoms with Gasteiger partial charge in [0.15, 0.2) is 0 Å². The van der Waals surface area contributed by atoms with Gasteiger partial charge >= 0.3 is 5.97 Å². The number of rotatable bonds is 4. The van der Waals surface area contributed by atoms with Crippen LogP contribution in [0.3, 0.4) is 0 Å². The van der Waals surface area contributed by atoms with E-state index in [-0.39, 0.29) is 17.8 Å². The fraction of sp³-hybridized carbons (Fsp3) is 0.562. The minimum Gasteiger partial charge on any atom is -0.469 e. The van der Waals surface area contributed by atoms with Gasteiger partial charge in [-0.25, -0.2) is 0 Å². The summed E-state index contributed by atoms with van der Waals surface area (Å²) < 4.78 is 4.94. The van der Waals surface area contributed by atoms with E-state index in [1.807, 2.05) is 6.07 Å². The first kappa shape index (κ1) is 14.1. The molecular weight excluding hydrogens is 238 g/mol. The van der Waals surface area contributed by atoms with Gasteiger partial charge in [-0.15, -0.1) is 0 Å². The molecule has 0 aromatic heterocycles. The molecule has 2 atom stereocenters. The molecule has 104 valence electrons. The van der Waals surface area contributed by atoms with E-state index in [4.69, 9.17) is 4.74 Å². The molecule has 1 aliphatic heterocycles. The van der Waals surface area contributed by atoms with Crippen LogP contribution in [0.1, 0.15) is 43.2 Å². The second-order valence-corrected chi connectivity index (χ2v) is 5.60. The standard InChI is InChI=1S/C16H23NO2/c1-11(2)15(16(18)19-3)13-6-4-5-12(9-13)14-7-8-17-10-14/h4-6,9,11,14-15,17H,7-8,10H2,1-3H3. The van der Waals surface area contributed by atoms with Gasteiger partial charge in [0.25, 0.3) is 0 Å². The first-order chi connectivity index (χ1) is 9.13. The van der Waals surface area contributed by atoms with E-state index >= 15 is 0 Å². The molecule has 0 spiro atoms. The molecule has 1 saturated heterocycles. The van der Waals surface area contributed by atoms with Crippen molar-refractivity contribution in [3.63, 3.8) is 0 Å². The van der Waals surface area contributed by atoms with E-state index in [2.05, 4.69) is 37.4 Å². The molecule has 19 heavy (non-hydrogen) atoms. The number of benzene rings is 1. The van der Waals surface area contributed by atoms with Crippen LogP contribution in [0, 0.1) is 5.92 Å². The number of hydrogen-bond donors (Lipinski definition) is 1. The van der Waals surface area contributed by atoms with E-state index in [0.29, 0.717) is 5.92 Å². The van der Waals surface area contributed by atoms with Crippen LogP contribution in [0.5, 0.6) is 0 Å². The van der Waals surface area contributed by atoms with E-state index in [1.54, 1.807) is 0 Å². The van der Waals surface area contributed by atoms with Gasteiger partial charge < -0.3 is 10.1 Å². The van der Waals surface area contributed by atoms with Gasteiger partial charge in [-0.3, -0.25) is 4.79 Å².